The molecule has 9 heteroatoms. The Hall–Kier alpha value is -3.20. The van der Waals surface area contributed by atoms with Gasteiger partial charge in [0.25, 0.3) is 0 Å². The molecule has 0 heterocycles. The van der Waals surface area contributed by atoms with Gasteiger partial charge in [0.05, 0.1) is 19.8 Å². The molecule has 0 aromatic heterocycles. The third-order valence-corrected chi connectivity index (χ3v) is 4.16. The van der Waals surface area contributed by atoms with Gasteiger partial charge in [-0.25, -0.2) is 8.78 Å². The average Bonchev–Trinajstić information content (AvgIpc) is 2.71. The number of likely N-dealkylation sites (N-methyl/N-ethyl adjacent to an activating group) is 1. The summed E-state index contributed by atoms with van der Waals surface area (Å²) in [6.07, 6.45) is 0.0836. The van der Waals surface area contributed by atoms with Crippen molar-refractivity contribution in [1.29, 1.82) is 0 Å². The van der Waals surface area contributed by atoms with E-state index in [0.29, 0.717) is 36.9 Å². The maximum Gasteiger partial charge on any atom is 0.238 e. The Morgan fingerprint density at radius 3 is 2.16 bits per heavy atom. The van der Waals surface area contributed by atoms with Crippen molar-refractivity contribution in [2.75, 3.05) is 44.0 Å². The van der Waals surface area contributed by atoms with Crippen molar-refractivity contribution < 1.29 is 27.8 Å². The second-order valence-electron chi connectivity index (χ2n) is 6.74. The van der Waals surface area contributed by atoms with Crippen molar-refractivity contribution in [1.82, 2.24) is 4.90 Å². The first-order valence-electron chi connectivity index (χ1n) is 9.95. The molecule has 168 valence electrons. The summed E-state index contributed by atoms with van der Waals surface area (Å²) < 4.78 is 37.2. The highest BCUT2D eigenvalue weighted by atomic mass is 19.2. The van der Waals surface area contributed by atoms with Gasteiger partial charge < -0.3 is 20.1 Å². The molecule has 7 nitrogen and oxygen atoms in total. The molecule has 2 aromatic rings. The second-order valence-corrected chi connectivity index (χ2v) is 6.74. The van der Waals surface area contributed by atoms with Crippen molar-refractivity contribution >= 4 is 23.2 Å². The van der Waals surface area contributed by atoms with Gasteiger partial charge in [0.1, 0.15) is 0 Å². The minimum atomic E-state index is -1.03. The van der Waals surface area contributed by atoms with Gasteiger partial charge in [-0.15, -0.1) is 0 Å². The Morgan fingerprint density at radius 1 is 0.871 bits per heavy atom. The lowest BCUT2D eigenvalue weighted by Crippen LogP contribution is -2.32. The molecule has 2 aromatic carbocycles. The summed E-state index contributed by atoms with van der Waals surface area (Å²) in [4.78, 5) is 26.0. The van der Waals surface area contributed by atoms with Crippen LogP contribution in [-0.2, 0) is 9.59 Å². The van der Waals surface area contributed by atoms with Gasteiger partial charge in [-0.2, -0.15) is 0 Å². The second kappa shape index (κ2) is 11.8. The molecule has 0 spiro atoms. The fourth-order valence-corrected chi connectivity index (χ4v) is 2.74. The molecule has 0 atom stereocenters. The van der Waals surface area contributed by atoms with Gasteiger partial charge >= 0.3 is 0 Å². The zero-order valence-electron chi connectivity index (χ0n) is 17.8. The summed E-state index contributed by atoms with van der Waals surface area (Å²) >= 11 is 0. The quantitative estimate of drug-likeness (QED) is 0.563. The Bertz CT molecular complexity index is 908. The van der Waals surface area contributed by atoms with Gasteiger partial charge in [-0.05, 0) is 45.2 Å². The normalized spacial score (nSPS) is 10.6. The summed E-state index contributed by atoms with van der Waals surface area (Å²) in [5, 5.41) is 5.28. The standard InChI is InChI=1S/C22H27F2N3O4/c1-4-30-19-9-7-16(13-20(19)31-5-2)26-22(29)14-27(3)11-10-21(28)25-15-6-8-17(23)18(24)12-15/h6-9,12-13H,4-5,10-11,14H2,1-3H3,(H,25,28)(H,26,29). The highest BCUT2D eigenvalue weighted by Crippen LogP contribution is 2.30. The summed E-state index contributed by atoms with van der Waals surface area (Å²) in [6.45, 7) is 5.07. The number of halogens is 2. The lowest BCUT2D eigenvalue weighted by Gasteiger charge is -2.17. The summed E-state index contributed by atoms with van der Waals surface area (Å²) in [5.41, 5.74) is 0.742. The van der Waals surface area contributed by atoms with Crippen LogP contribution in [0.2, 0.25) is 0 Å². The fraction of sp³-hybridized carbons (Fsp3) is 0.364. The van der Waals surface area contributed by atoms with Crippen molar-refractivity contribution in [3.63, 3.8) is 0 Å². The minimum Gasteiger partial charge on any atom is -0.490 e. The number of amides is 2. The molecule has 0 bridgehead atoms. The molecular formula is C22H27F2N3O4. The number of hydrogen-bond donors (Lipinski definition) is 2. The topological polar surface area (TPSA) is 79.9 Å². The monoisotopic (exact) mass is 435 g/mol. The molecule has 2 rings (SSSR count). The van der Waals surface area contributed by atoms with Gasteiger partial charge in [0, 0.05) is 36.5 Å². The molecule has 0 saturated heterocycles. The van der Waals surface area contributed by atoms with E-state index in [1.54, 1.807) is 30.1 Å². The van der Waals surface area contributed by atoms with E-state index in [-0.39, 0.29) is 30.5 Å². The molecular weight excluding hydrogens is 408 g/mol. The van der Waals surface area contributed by atoms with E-state index in [2.05, 4.69) is 10.6 Å². The number of carbonyl (C=O) groups is 2. The zero-order chi connectivity index (χ0) is 22.8. The third-order valence-electron chi connectivity index (χ3n) is 4.16. The number of anilines is 2. The number of carbonyl (C=O) groups excluding carboxylic acids is 2. The zero-order valence-corrected chi connectivity index (χ0v) is 17.8. The van der Waals surface area contributed by atoms with Crippen LogP contribution in [0.15, 0.2) is 36.4 Å². The van der Waals surface area contributed by atoms with Crippen molar-refractivity contribution in [2.45, 2.75) is 20.3 Å². The van der Waals surface area contributed by atoms with E-state index in [1.165, 1.54) is 6.07 Å². The third kappa shape index (κ3) is 7.86. The van der Waals surface area contributed by atoms with E-state index in [4.69, 9.17) is 9.47 Å². The van der Waals surface area contributed by atoms with Crippen LogP contribution in [0.1, 0.15) is 20.3 Å². The first kappa shape index (κ1) is 24.1. The van der Waals surface area contributed by atoms with Crippen LogP contribution in [-0.4, -0.2) is 50.1 Å². The SMILES string of the molecule is CCOc1ccc(NC(=O)CN(C)CCC(=O)Nc2ccc(F)c(F)c2)cc1OCC. The van der Waals surface area contributed by atoms with E-state index in [0.717, 1.165) is 12.1 Å². The molecule has 0 aliphatic carbocycles. The van der Waals surface area contributed by atoms with E-state index in [1.807, 2.05) is 13.8 Å². The van der Waals surface area contributed by atoms with Crippen molar-refractivity contribution in [2.24, 2.45) is 0 Å². The average molecular weight is 435 g/mol. The fourth-order valence-electron chi connectivity index (χ4n) is 2.74. The molecule has 0 saturated carbocycles. The number of nitrogens with one attached hydrogen (secondary N) is 2. The maximum atomic E-state index is 13.2. The number of hydrogen-bond acceptors (Lipinski definition) is 5. The number of ether oxygens (including phenoxy) is 2. The predicted molar refractivity (Wildman–Crippen MR) is 115 cm³/mol. The van der Waals surface area contributed by atoms with Crippen LogP contribution >= 0.6 is 0 Å². The van der Waals surface area contributed by atoms with Crippen LogP contribution in [0, 0.1) is 11.6 Å². The van der Waals surface area contributed by atoms with Crippen LogP contribution in [0.25, 0.3) is 0 Å². The van der Waals surface area contributed by atoms with Crippen LogP contribution in [0.4, 0.5) is 20.2 Å². The molecule has 0 aliphatic heterocycles. The number of rotatable bonds is 11. The van der Waals surface area contributed by atoms with Crippen molar-refractivity contribution in [3.05, 3.63) is 48.0 Å². The first-order chi connectivity index (χ1) is 14.8. The minimum absolute atomic E-state index is 0.0651. The summed E-state index contributed by atoms with van der Waals surface area (Å²) in [7, 11) is 1.70. The van der Waals surface area contributed by atoms with E-state index < -0.39 is 11.6 Å². The van der Waals surface area contributed by atoms with Gasteiger partial charge in [0.2, 0.25) is 11.8 Å². The van der Waals surface area contributed by atoms with Gasteiger partial charge in [-0.1, -0.05) is 0 Å². The Labute approximate surface area is 180 Å². The van der Waals surface area contributed by atoms with Crippen molar-refractivity contribution in [3.8, 4) is 11.5 Å². The van der Waals surface area contributed by atoms with Crippen LogP contribution in [0.5, 0.6) is 11.5 Å². The van der Waals surface area contributed by atoms with Gasteiger partial charge in [0.15, 0.2) is 23.1 Å². The highest BCUT2D eigenvalue weighted by molar-refractivity contribution is 5.93. The molecule has 0 radical (unpaired) electrons. The van der Waals surface area contributed by atoms with Crippen LogP contribution < -0.4 is 20.1 Å². The summed E-state index contributed by atoms with van der Waals surface area (Å²) in [5.74, 6) is -1.49. The van der Waals surface area contributed by atoms with E-state index in [9.17, 15) is 18.4 Å². The predicted octanol–water partition coefficient (Wildman–Crippen LogP) is 3.66. The largest absolute Gasteiger partial charge is 0.490 e. The maximum absolute atomic E-state index is 13.2. The highest BCUT2D eigenvalue weighted by Gasteiger charge is 2.12. The number of benzene rings is 2. The molecule has 0 aliphatic rings. The molecule has 2 amide bonds. The molecule has 0 fully saturated rings. The summed E-state index contributed by atoms with van der Waals surface area (Å²) in [6, 6.07) is 8.29. The molecule has 0 unspecified atom stereocenters. The lowest BCUT2D eigenvalue weighted by molar-refractivity contribution is -0.119. The smallest absolute Gasteiger partial charge is 0.238 e. The molecule has 2 N–H and O–H groups in total. The molecule has 31 heavy (non-hydrogen) atoms. The van der Waals surface area contributed by atoms with Gasteiger partial charge in [-0.3, -0.25) is 14.5 Å². The van der Waals surface area contributed by atoms with E-state index >= 15 is 0 Å². The first-order valence-corrected chi connectivity index (χ1v) is 9.95. The Balaban J connectivity index is 1.81. The van der Waals surface area contributed by atoms with Crippen LogP contribution in [0.3, 0.4) is 0 Å². The Kier molecular flexibility index (Phi) is 9.20. The lowest BCUT2D eigenvalue weighted by atomic mass is 10.2. The Morgan fingerprint density at radius 2 is 1.48 bits per heavy atom. The number of nitrogens with zero attached hydrogens (tertiary/aromatic N) is 1.